The standard InChI is InChI=1S/C20H20ClN3O2S/c21-14-8-9-17-18(11-14)23-20(22-17)27-13-19(25)24(12-16-7-4-10-26-16)15-5-2-1-3-6-15/h4-5,7-11H,1-3,6,12-13H2,(H,22,23). The number of rotatable bonds is 6. The van der Waals surface area contributed by atoms with E-state index >= 15 is 0 Å². The summed E-state index contributed by atoms with van der Waals surface area (Å²) in [5, 5.41) is 1.38. The fourth-order valence-corrected chi connectivity index (χ4v) is 4.14. The number of hydrogen-bond acceptors (Lipinski definition) is 4. The number of allylic oxidation sites excluding steroid dienone is 2. The summed E-state index contributed by atoms with van der Waals surface area (Å²) >= 11 is 7.43. The average Bonchev–Trinajstić information content (AvgIpc) is 3.34. The van der Waals surface area contributed by atoms with Gasteiger partial charge in [0.15, 0.2) is 5.16 Å². The van der Waals surface area contributed by atoms with E-state index in [9.17, 15) is 4.79 Å². The molecule has 0 aliphatic heterocycles. The molecule has 0 radical (unpaired) electrons. The first-order chi connectivity index (χ1) is 13.2. The Morgan fingerprint density at radius 2 is 2.26 bits per heavy atom. The molecule has 1 aromatic carbocycles. The van der Waals surface area contributed by atoms with Gasteiger partial charge in [-0.15, -0.1) is 0 Å². The molecule has 0 fully saturated rings. The van der Waals surface area contributed by atoms with Crippen molar-refractivity contribution in [2.75, 3.05) is 5.75 Å². The van der Waals surface area contributed by atoms with Crippen LogP contribution in [0.1, 0.15) is 31.4 Å². The van der Waals surface area contributed by atoms with E-state index in [4.69, 9.17) is 16.0 Å². The summed E-state index contributed by atoms with van der Waals surface area (Å²) in [5.41, 5.74) is 2.82. The third kappa shape index (κ3) is 4.39. The minimum Gasteiger partial charge on any atom is -0.467 e. The van der Waals surface area contributed by atoms with Crippen LogP contribution >= 0.6 is 23.4 Å². The largest absolute Gasteiger partial charge is 0.467 e. The van der Waals surface area contributed by atoms with Crippen LogP contribution in [0.2, 0.25) is 5.02 Å². The molecule has 1 aliphatic rings. The average molecular weight is 402 g/mol. The van der Waals surface area contributed by atoms with Crippen LogP contribution in [0.25, 0.3) is 11.0 Å². The lowest BCUT2D eigenvalue weighted by Gasteiger charge is -2.27. The second-order valence-electron chi connectivity index (χ2n) is 6.49. The molecule has 27 heavy (non-hydrogen) atoms. The number of aromatic amines is 1. The molecule has 0 saturated carbocycles. The number of H-pyrrole nitrogens is 1. The van der Waals surface area contributed by atoms with E-state index < -0.39 is 0 Å². The highest BCUT2D eigenvalue weighted by Crippen LogP contribution is 2.26. The van der Waals surface area contributed by atoms with Crippen molar-refractivity contribution in [1.82, 2.24) is 14.9 Å². The normalized spacial score (nSPS) is 14.3. The van der Waals surface area contributed by atoms with Gasteiger partial charge in [0, 0.05) is 10.7 Å². The van der Waals surface area contributed by atoms with Crippen molar-refractivity contribution >= 4 is 40.3 Å². The van der Waals surface area contributed by atoms with Gasteiger partial charge in [-0.3, -0.25) is 4.79 Å². The van der Waals surface area contributed by atoms with Gasteiger partial charge in [0.05, 0.1) is 29.6 Å². The summed E-state index contributed by atoms with van der Waals surface area (Å²) in [6, 6.07) is 9.27. The van der Waals surface area contributed by atoms with Crippen LogP contribution in [0.4, 0.5) is 0 Å². The van der Waals surface area contributed by atoms with Crippen molar-refractivity contribution in [2.45, 2.75) is 37.4 Å². The number of benzene rings is 1. The Bertz CT molecular complexity index is 965. The smallest absolute Gasteiger partial charge is 0.237 e. The van der Waals surface area contributed by atoms with Crippen molar-refractivity contribution in [3.8, 4) is 0 Å². The number of carbonyl (C=O) groups excluding carboxylic acids is 1. The molecule has 1 amide bonds. The molecule has 0 saturated heterocycles. The van der Waals surface area contributed by atoms with Gasteiger partial charge in [-0.25, -0.2) is 4.98 Å². The Hall–Kier alpha value is -2.18. The molecule has 7 heteroatoms. The maximum absolute atomic E-state index is 13.0. The summed E-state index contributed by atoms with van der Waals surface area (Å²) in [7, 11) is 0. The lowest BCUT2D eigenvalue weighted by atomic mass is 10.0. The van der Waals surface area contributed by atoms with Gasteiger partial charge < -0.3 is 14.3 Å². The number of carbonyl (C=O) groups is 1. The molecule has 140 valence electrons. The van der Waals surface area contributed by atoms with E-state index in [0.29, 0.717) is 17.3 Å². The molecule has 0 spiro atoms. The van der Waals surface area contributed by atoms with Crippen molar-refractivity contribution in [3.63, 3.8) is 0 Å². The first-order valence-electron chi connectivity index (χ1n) is 8.99. The zero-order valence-corrected chi connectivity index (χ0v) is 16.4. The molecule has 0 unspecified atom stereocenters. The van der Waals surface area contributed by atoms with E-state index in [-0.39, 0.29) is 5.91 Å². The summed E-state index contributed by atoms with van der Waals surface area (Å²) < 4.78 is 5.46. The lowest BCUT2D eigenvalue weighted by Crippen LogP contribution is -2.32. The fraction of sp³-hybridized carbons (Fsp3) is 0.300. The number of fused-ring (bicyclic) bond motifs is 1. The number of imidazole rings is 1. The van der Waals surface area contributed by atoms with Crippen LogP contribution in [0.3, 0.4) is 0 Å². The SMILES string of the molecule is O=C(CSc1nc2ccc(Cl)cc2[nH]1)N(Cc1ccco1)C1=CCCCC1. The minimum atomic E-state index is 0.0584. The van der Waals surface area contributed by atoms with Crippen LogP contribution < -0.4 is 0 Å². The molecular formula is C20H20ClN3O2S. The molecule has 1 aliphatic carbocycles. The number of aromatic nitrogens is 2. The van der Waals surface area contributed by atoms with Gasteiger partial charge >= 0.3 is 0 Å². The Labute approximate surface area is 166 Å². The monoisotopic (exact) mass is 401 g/mol. The molecule has 4 rings (SSSR count). The Balaban J connectivity index is 1.47. The first-order valence-corrected chi connectivity index (χ1v) is 10.4. The minimum absolute atomic E-state index is 0.0584. The van der Waals surface area contributed by atoms with Crippen LogP contribution in [-0.4, -0.2) is 26.5 Å². The Morgan fingerprint density at radius 3 is 3.04 bits per heavy atom. The third-order valence-electron chi connectivity index (χ3n) is 4.56. The molecule has 2 aromatic heterocycles. The van der Waals surface area contributed by atoms with E-state index in [1.165, 1.54) is 18.2 Å². The third-order valence-corrected chi connectivity index (χ3v) is 5.66. The Morgan fingerprint density at radius 1 is 1.33 bits per heavy atom. The molecular weight excluding hydrogens is 382 g/mol. The van der Waals surface area contributed by atoms with Crippen molar-refractivity contribution < 1.29 is 9.21 Å². The van der Waals surface area contributed by atoms with E-state index in [1.807, 2.05) is 35.2 Å². The number of halogens is 1. The molecule has 0 atom stereocenters. The topological polar surface area (TPSA) is 62.1 Å². The molecule has 1 N–H and O–H groups in total. The van der Waals surface area contributed by atoms with Gasteiger partial charge in [0.1, 0.15) is 5.76 Å². The van der Waals surface area contributed by atoms with Crippen LogP contribution in [0, 0.1) is 0 Å². The van der Waals surface area contributed by atoms with Crippen molar-refractivity contribution in [2.24, 2.45) is 0 Å². The number of nitrogens with one attached hydrogen (secondary N) is 1. The second-order valence-corrected chi connectivity index (χ2v) is 7.89. The predicted octanol–water partition coefficient (Wildman–Crippen LogP) is 5.39. The molecule has 0 bridgehead atoms. The van der Waals surface area contributed by atoms with E-state index in [2.05, 4.69) is 16.0 Å². The quantitative estimate of drug-likeness (QED) is 0.562. The number of hydrogen-bond donors (Lipinski definition) is 1. The molecule has 3 aromatic rings. The van der Waals surface area contributed by atoms with Gasteiger partial charge in [0.2, 0.25) is 5.91 Å². The van der Waals surface area contributed by atoms with Gasteiger partial charge in [-0.1, -0.05) is 29.4 Å². The maximum Gasteiger partial charge on any atom is 0.237 e. The van der Waals surface area contributed by atoms with Crippen LogP contribution in [0.15, 0.2) is 57.9 Å². The van der Waals surface area contributed by atoms with E-state index in [1.54, 1.807) is 6.26 Å². The number of amides is 1. The summed E-state index contributed by atoms with van der Waals surface area (Å²) in [4.78, 5) is 22.6. The Kier molecular flexibility index (Phi) is 5.55. The number of furan rings is 1. The highest BCUT2D eigenvalue weighted by atomic mass is 35.5. The molecule has 5 nitrogen and oxygen atoms in total. The van der Waals surface area contributed by atoms with Crippen molar-refractivity contribution in [3.05, 3.63) is 59.2 Å². The fourth-order valence-electron chi connectivity index (χ4n) is 3.21. The number of nitrogens with zero attached hydrogens (tertiary/aromatic N) is 2. The predicted molar refractivity (Wildman–Crippen MR) is 108 cm³/mol. The first kappa shape index (κ1) is 18.2. The summed E-state index contributed by atoms with van der Waals surface area (Å²) in [6.07, 6.45) is 8.07. The number of thioether (sulfide) groups is 1. The zero-order chi connectivity index (χ0) is 18.6. The second kappa shape index (κ2) is 8.23. The summed E-state index contributed by atoms with van der Waals surface area (Å²) in [6.45, 7) is 0.466. The maximum atomic E-state index is 13.0. The highest BCUT2D eigenvalue weighted by molar-refractivity contribution is 7.99. The van der Waals surface area contributed by atoms with Gasteiger partial charge in [-0.2, -0.15) is 0 Å². The van der Waals surface area contributed by atoms with Crippen LogP contribution in [-0.2, 0) is 11.3 Å². The van der Waals surface area contributed by atoms with Gasteiger partial charge in [0.25, 0.3) is 0 Å². The summed E-state index contributed by atoms with van der Waals surface area (Å²) in [5.74, 6) is 1.16. The van der Waals surface area contributed by atoms with Crippen LogP contribution in [0.5, 0.6) is 0 Å². The lowest BCUT2D eigenvalue weighted by molar-refractivity contribution is -0.127. The molecule has 2 heterocycles. The van der Waals surface area contributed by atoms with Gasteiger partial charge in [-0.05, 0) is 56.0 Å². The van der Waals surface area contributed by atoms with Crippen molar-refractivity contribution in [1.29, 1.82) is 0 Å². The highest BCUT2D eigenvalue weighted by Gasteiger charge is 2.21. The zero-order valence-electron chi connectivity index (χ0n) is 14.8. The van der Waals surface area contributed by atoms with E-state index in [0.717, 1.165) is 46.9 Å².